The van der Waals surface area contributed by atoms with Gasteiger partial charge in [-0.05, 0) is 17.9 Å². The molecule has 17 heavy (non-hydrogen) atoms. The predicted octanol–water partition coefficient (Wildman–Crippen LogP) is 2.51. The average molecular weight is 250 g/mol. The van der Waals surface area contributed by atoms with E-state index in [0.29, 0.717) is 6.04 Å². The molecule has 2 heterocycles. The second-order valence-electron chi connectivity index (χ2n) is 4.10. The molecule has 0 aliphatic heterocycles. The summed E-state index contributed by atoms with van der Waals surface area (Å²) in [5, 5.41) is 13.6. The highest BCUT2D eigenvalue weighted by Crippen LogP contribution is 2.23. The number of rotatable bonds is 6. The number of aromatic nitrogens is 3. The summed E-state index contributed by atoms with van der Waals surface area (Å²) in [6.45, 7) is 2.98. The number of hydrogen-bond acceptors (Lipinski definition) is 4. The van der Waals surface area contributed by atoms with Crippen LogP contribution in [0.4, 0.5) is 0 Å². The van der Waals surface area contributed by atoms with Crippen molar-refractivity contribution >= 4 is 11.3 Å². The van der Waals surface area contributed by atoms with Gasteiger partial charge in [0.2, 0.25) is 0 Å². The fourth-order valence-corrected chi connectivity index (χ4v) is 2.64. The highest BCUT2D eigenvalue weighted by Gasteiger charge is 2.12. The first-order valence-corrected chi connectivity index (χ1v) is 6.79. The first-order valence-electron chi connectivity index (χ1n) is 5.91. The first-order chi connectivity index (χ1) is 8.31. The second-order valence-corrected chi connectivity index (χ2v) is 5.07. The van der Waals surface area contributed by atoms with Crippen LogP contribution >= 0.6 is 11.3 Å². The Balaban J connectivity index is 1.97. The molecule has 0 radical (unpaired) electrons. The number of hydrogen-bond donors (Lipinski definition) is 1. The van der Waals surface area contributed by atoms with Gasteiger partial charge in [-0.2, -0.15) is 0 Å². The van der Waals surface area contributed by atoms with E-state index < -0.39 is 0 Å². The van der Waals surface area contributed by atoms with Crippen LogP contribution in [0.5, 0.6) is 0 Å². The van der Waals surface area contributed by atoms with E-state index >= 15 is 0 Å². The Morgan fingerprint density at radius 2 is 2.41 bits per heavy atom. The molecule has 1 N–H and O–H groups in total. The molecule has 0 aromatic carbocycles. The van der Waals surface area contributed by atoms with E-state index in [9.17, 15) is 0 Å². The average Bonchev–Trinajstić information content (AvgIpc) is 2.96. The Labute approximate surface area is 106 Å². The Kier molecular flexibility index (Phi) is 4.28. The lowest BCUT2D eigenvalue weighted by Crippen LogP contribution is -2.21. The molecule has 5 heteroatoms. The molecule has 2 rings (SSSR count). The maximum absolute atomic E-state index is 4.08. The lowest BCUT2D eigenvalue weighted by atomic mass is 10.1. The van der Waals surface area contributed by atoms with E-state index in [1.54, 1.807) is 6.33 Å². The quantitative estimate of drug-likeness (QED) is 0.856. The van der Waals surface area contributed by atoms with Crippen LogP contribution in [0, 0.1) is 0 Å². The van der Waals surface area contributed by atoms with Crippen molar-refractivity contribution < 1.29 is 0 Å². The minimum Gasteiger partial charge on any atom is -0.320 e. The van der Waals surface area contributed by atoms with Crippen LogP contribution in [0.15, 0.2) is 23.8 Å². The van der Waals surface area contributed by atoms with Gasteiger partial charge in [-0.15, -0.1) is 21.5 Å². The third kappa shape index (κ3) is 3.14. The fourth-order valence-electron chi connectivity index (χ4n) is 1.80. The predicted molar refractivity (Wildman–Crippen MR) is 69.8 cm³/mol. The van der Waals surface area contributed by atoms with Gasteiger partial charge in [0.15, 0.2) is 0 Å². The molecule has 0 saturated carbocycles. The SMILES string of the molecule is CCCC(NCc1nncn1C)c1cccs1. The molecular formula is C12H18N4S. The molecular weight excluding hydrogens is 232 g/mol. The van der Waals surface area contributed by atoms with E-state index in [2.05, 4.69) is 40.0 Å². The maximum Gasteiger partial charge on any atom is 0.146 e. The minimum atomic E-state index is 0.428. The van der Waals surface area contributed by atoms with Crippen LogP contribution in [-0.2, 0) is 13.6 Å². The Morgan fingerprint density at radius 3 is 3.00 bits per heavy atom. The number of nitrogens with zero attached hydrogens (tertiary/aromatic N) is 3. The molecule has 0 amide bonds. The zero-order valence-corrected chi connectivity index (χ0v) is 11.1. The van der Waals surface area contributed by atoms with Gasteiger partial charge in [0.05, 0.1) is 6.54 Å². The summed E-state index contributed by atoms with van der Waals surface area (Å²) in [5.41, 5.74) is 0. The number of nitrogens with one attached hydrogen (secondary N) is 1. The molecule has 2 aromatic rings. The van der Waals surface area contributed by atoms with Gasteiger partial charge in [-0.3, -0.25) is 0 Å². The lowest BCUT2D eigenvalue weighted by Gasteiger charge is -2.16. The van der Waals surface area contributed by atoms with Crippen LogP contribution in [-0.4, -0.2) is 14.8 Å². The van der Waals surface area contributed by atoms with Crippen molar-refractivity contribution in [3.8, 4) is 0 Å². The van der Waals surface area contributed by atoms with Crippen LogP contribution in [0.25, 0.3) is 0 Å². The van der Waals surface area contributed by atoms with Crippen molar-refractivity contribution in [2.75, 3.05) is 0 Å². The van der Waals surface area contributed by atoms with Crippen molar-refractivity contribution in [1.29, 1.82) is 0 Å². The summed E-state index contributed by atoms with van der Waals surface area (Å²) in [6.07, 6.45) is 4.06. The van der Waals surface area contributed by atoms with Crippen LogP contribution < -0.4 is 5.32 Å². The highest BCUT2D eigenvalue weighted by atomic mass is 32.1. The van der Waals surface area contributed by atoms with Crippen LogP contribution in [0.1, 0.15) is 36.5 Å². The smallest absolute Gasteiger partial charge is 0.146 e. The van der Waals surface area contributed by atoms with E-state index in [4.69, 9.17) is 0 Å². The third-order valence-electron chi connectivity index (χ3n) is 2.78. The molecule has 0 aliphatic carbocycles. The van der Waals surface area contributed by atoms with Crippen molar-refractivity contribution in [1.82, 2.24) is 20.1 Å². The summed E-state index contributed by atoms with van der Waals surface area (Å²) < 4.78 is 1.95. The fraction of sp³-hybridized carbons (Fsp3) is 0.500. The third-order valence-corrected chi connectivity index (χ3v) is 3.76. The maximum atomic E-state index is 4.08. The first kappa shape index (κ1) is 12.3. The second kappa shape index (κ2) is 5.93. The van der Waals surface area contributed by atoms with Gasteiger partial charge in [0, 0.05) is 18.0 Å². The molecule has 0 saturated heterocycles. The monoisotopic (exact) mass is 250 g/mol. The summed E-state index contributed by atoms with van der Waals surface area (Å²) in [6, 6.07) is 4.72. The van der Waals surface area contributed by atoms with Crippen molar-refractivity contribution in [2.24, 2.45) is 7.05 Å². The van der Waals surface area contributed by atoms with Gasteiger partial charge in [0.1, 0.15) is 12.2 Å². The largest absolute Gasteiger partial charge is 0.320 e. The molecule has 0 spiro atoms. The topological polar surface area (TPSA) is 42.7 Å². The van der Waals surface area contributed by atoms with Gasteiger partial charge in [-0.1, -0.05) is 19.4 Å². The molecule has 0 bridgehead atoms. The molecule has 0 aliphatic rings. The normalized spacial score (nSPS) is 12.8. The molecule has 1 atom stereocenters. The number of thiophene rings is 1. The van der Waals surface area contributed by atoms with E-state index in [-0.39, 0.29) is 0 Å². The van der Waals surface area contributed by atoms with Gasteiger partial charge >= 0.3 is 0 Å². The summed E-state index contributed by atoms with van der Waals surface area (Å²) in [5.74, 6) is 0.975. The Morgan fingerprint density at radius 1 is 1.53 bits per heavy atom. The van der Waals surface area contributed by atoms with Gasteiger partial charge in [0.25, 0.3) is 0 Å². The van der Waals surface area contributed by atoms with E-state index in [0.717, 1.165) is 18.8 Å². The Hall–Kier alpha value is -1.20. The zero-order valence-electron chi connectivity index (χ0n) is 10.3. The van der Waals surface area contributed by atoms with Crippen LogP contribution in [0.2, 0.25) is 0 Å². The molecule has 1 unspecified atom stereocenters. The Bertz CT molecular complexity index is 435. The van der Waals surface area contributed by atoms with Gasteiger partial charge in [-0.25, -0.2) is 0 Å². The molecule has 0 fully saturated rings. The van der Waals surface area contributed by atoms with Crippen molar-refractivity contribution in [3.05, 3.63) is 34.5 Å². The van der Waals surface area contributed by atoms with Crippen molar-refractivity contribution in [2.45, 2.75) is 32.4 Å². The van der Waals surface area contributed by atoms with Gasteiger partial charge < -0.3 is 9.88 Å². The minimum absolute atomic E-state index is 0.428. The zero-order chi connectivity index (χ0) is 12.1. The highest BCUT2D eigenvalue weighted by molar-refractivity contribution is 7.10. The summed E-state index contributed by atoms with van der Waals surface area (Å²) in [7, 11) is 1.97. The van der Waals surface area contributed by atoms with E-state index in [1.807, 2.05) is 23.0 Å². The molecule has 2 aromatic heterocycles. The summed E-state index contributed by atoms with van der Waals surface area (Å²) >= 11 is 1.81. The summed E-state index contributed by atoms with van der Waals surface area (Å²) in [4.78, 5) is 1.40. The lowest BCUT2D eigenvalue weighted by molar-refractivity contribution is 0.486. The number of aryl methyl sites for hydroxylation is 1. The van der Waals surface area contributed by atoms with Crippen molar-refractivity contribution in [3.63, 3.8) is 0 Å². The molecule has 92 valence electrons. The molecule has 4 nitrogen and oxygen atoms in total. The standard InChI is InChI=1S/C12H18N4S/c1-3-5-10(11-6-4-7-17-11)13-8-12-15-14-9-16(12)2/h4,6-7,9-10,13H,3,5,8H2,1-2H3. The van der Waals surface area contributed by atoms with E-state index in [1.165, 1.54) is 11.3 Å². The van der Waals surface area contributed by atoms with Crippen LogP contribution in [0.3, 0.4) is 0 Å².